The first-order chi connectivity index (χ1) is 14.3. The molecule has 1 aliphatic rings. The van der Waals surface area contributed by atoms with E-state index >= 15 is 0 Å². The summed E-state index contributed by atoms with van der Waals surface area (Å²) in [5.41, 5.74) is 3.85. The monoisotopic (exact) mass is 387 g/mol. The van der Waals surface area contributed by atoms with Crippen molar-refractivity contribution in [1.29, 1.82) is 0 Å². The van der Waals surface area contributed by atoms with Crippen LogP contribution in [0.4, 0.5) is 0 Å². The van der Waals surface area contributed by atoms with Crippen LogP contribution in [-0.4, -0.2) is 39.0 Å². The summed E-state index contributed by atoms with van der Waals surface area (Å²) in [6.07, 6.45) is 5.46. The van der Waals surface area contributed by atoms with Gasteiger partial charge in [-0.1, -0.05) is 18.2 Å². The van der Waals surface area contributed by atoms with Gasteiger partial charge in [-0.25, -0.2) is 4.68 Å². The molecule has 1 aliphatic heterocycles. The van der Waals surface area contributed by atoms with Gasteiger partial charge in [0.15, 0.2) is 0 Å². The molecular weight excluding hydrogens is 366 g/mol. The molecule has 2 unspecified atom stereocenters. The van der Waals surface area contributed by atoms with E-state index in [0.717, 1.165) is 16.8 Å². The van der Waals surface area contributed by atoms with Crippen LogP contribution in [-0.2, 0) is 11.3 Å². The smallest absolute Gasteiger partial charge is 0.267 e. The normalized spacial score (nSPS) is 19.0. The molecule has 1 aromatic carbocycles. The van der Waals surface area contributed by atoms with E-state index in [1.165, 1.54) is 10.9 Å². The number of nitrogens with one attached hydrogen (secondary N) is 2. The Hall–Kier alpha value is -3.29. The molecule has 0 saturated carbocycles. The number of hydrogen-bond acceptors (Lipinski definition) is 5. The number of rotatable bonds is 5. The Morgan fingerprint density at radius 3 is 2.86 bits per heavy atom. The van der Waals surface area contributed by atoms with Gasteiger partial charge in [0.25, 0.3) is 5.56 Å². The third kappa shape index (κ3) is 3.46. The lowest BCUT2D eigenvalue weighted by Gasteiger charge is -2.20. The van der Waals surface area contributed by atoms with Gasteiger partial charge in [-0.15, -0.1) is 0 Å². The van der Waals surface area contributed by atoms with Gasteiger partial charge in [0.1, 0.15) is 0 Å². The number of nitrogens with zero attached hydrogens (tertiary/aromatic N) is 3. The first-order valence-corrected chi connectivity index (χ1v) is 9.66. The molecule has 2 N–H and O–H groups in total. The van der Waals surface area contributed by atoms with Gasteiger partial charge in [0.05, 0.1) is 31.0 Å². The minimum Gasteiger partial charge on any atom is -0.377 e. The van der Waals surface area contributed by atoms with Crippen LogP contribution in [0.25, 0.3) is 22.2 Å². The molecule has 0 spiro atoms. The van der Waals surface area contributed by atoms with Gasteiger partial charge in [-0.05, 0) is 29.8 Å². The van der Waals surface area contributed by atoms with Crippen LogP contribution in [0.1, 0.15) is 11.6 Å². The molecule has 3 aromatic heterocycles. The number of benzene rings is 1. The Kier molecular flexibility index (Phi) is 4.67. The first kappa shape index (κ1) is 17.8. The maximum Gasteiger partial charge on any atom is 0.267 e. The van der Waals surface area contributed by atoms with Crippen LogP contribution in [0.3, 0.4) is 0 Å². The summed E-state index contributed by atoms with van der Waals surface area (Å²) >= 11 is 0. The van der Waals surface area contributed by atoms with Crippen molar-refractivity contribution >= 4 is 10.9 Å². The van der Waals surface area contributed by atoms with E-state index in [9.17, 15) is 4.79 Å². The molecule has 1 saturated heterocycles. The zero-order valence-corrected chi connectivity index (χ0v) is 15.8. The van der Waals surface area contributed by atoms with Gasteiger partial charge in [-0.3, -0.25) is 9.78 Å². The van der Waals surface area contributed by atoms with Crippen LogP contribution < -0.4 is 10.9 Å². The van der Waals surface area contributed by atoms with Crippen molar-refractivity contribution in [2.45, 2.75) is 18.6 Å². The van der Waals surface area contributed by atoms with Crippen molar-refractivity contribution in [1.82, 2.24) is 25.1 Å². The molecule has 7 nitrogen and oxygen atoms in total. The topological polar surface area (TPSA) is 84.8 Å². The summed E-state index contributed by atoms with van der Waals surface area (Å²) in [6, 6.07) is 15.2. The van der Waals surface area contributed by atoms with E-state index in [0.29, 0.717) is 19.8 Å². The average molecular weight is 387 g/mol. The standard InChI is InChI=1S/C22H21N5O2/c28-22-6-5-18(15-7-9-23-10-8-15)26-27(22)21-14-29-13-20(21)25-12-16-11-24-19-4-2-1-3-17(16)19/h1-11,20-21,24-25H,12-14H2. The van der Waals surface area contributed by atoms with Crippen molar-refractivity contribution in [3.8, 4) is 11.3 Å². The predicted octanol–water partition coefficient (Wildman–Crippen LogP) is 2.52. The maximum absolute atomic E-state index is 12.5. The van der Waals surface area contributed by atoms with Gasteiger partial charge < -0.3 is 15.0 Å². The third-order valence-corrected chi connectivity index (χ3v) is 5.40. The summed E-state index contributed by atoms with van der Waals surface area (Å²) in [5, 5.41) is 9.38. The largest absolute Gasteiger partial charge is 0.377 e. The summed E-state index contributed by atoms with van der Waals surface area (Å²) in [5.74, 6) is 0. The molecule has 7 heteroatoms. The van der Waals surface area contributed by atoms with Crippen LogP contribution in [0.5, 0.6) is 0 Å². The summed E-state index contributed by atoms with van der Waals surface area (Å²) in [4.78, 5) is 19.9. The second-order valence-corrected chi connectivity index (χ2v) is 7.19. The highest BCUT2D eigenvalue weighted by molar-refractivity contribution is 5.82. The molecule has 4 heterocycles. The first-order valence-electron chi connectivity index (χ1n) is 9.66. The number of pyridine rings is 1. The Labute approximate surface area is 167 Å². The summed E-state index contributed by atoms with van der Waals surface area (Å²) in [7, 11) is 0. The number of para-hydroxylation sites is 1. The van der Waals surface area contributed by atoms with E-state index in [-0.39, 0.29) is 17.6 Å². The second-order valence-electron chi connectivity index (χ2n) is 7.19. The highest BCUT2D eigenvalue weighted by Gasteiger charge is 2.31. The zero-order valence-electron chi connectivity index (χ0n) is 15.8. The van der Waals surface area contributed by atoms with Crippen molar-refractivity contribution in [2.24, 2.45) is 0 Å². The SMILES string of the molecule is O=c1ccc(-c2ccncc2)nn1C1COCC1NCc1c[nH]c2ccccc12. The number of hydrogen-bond donors (Lipinski definition) is 2. The minimum absolute atomic E-state index is 0.00144. The van der Waals surface area contributed by atoms with Crippen molar-refractivity contribution in [3.05, 3.63) is 83.0 Å². The summed E-state index contributed by atoms with van der Waals surface area (Å²) in [6.45, 7) is 1.69. The van der Waals surface area contributed by atoms with Crippen LogP contribution >= 0.6 is 0 Å². The number of aromatic amines is 1. The van der Waals surface area contributed by atoms with Gasteiger partial charge in [0, 0.05) is 47.7 Å². The lowest BCUT2D eigenvalue weighted by Crippen LogP contribution is -2.41. The molecule has 2 atom stereocenters. The molecule has 0 radical (unpaired) electrons. The molecule has 1 fully saturated rings. The molecule has 0 amide bonds. The highest BCUT2D eigenvalue weighted by atomic mass is 16.5. The van der Waals surface area contributed by atoms with Crippen LogP contribution in [0.15, 0.2) is 71.9 Å². The Bertz CT molecular complexity index is 1180. The molecule has 29 heavy (non-hydrogen) atoms. The predicted molar refractivity (Wildman–Crippen MR) is 111 cm³/mol. The van der Waals surface area contributed by atoms with E-state index in [2.05, 4.69) is 32.5 Å². The van der Waals surface area contributed by atoms with Crippen LogP contribution in [0.2, 0.25) is 0 Å². The van der Waals surface area contributed by atoms with Crippen LogP contribution in [0, 0.1) is 0 Å². The van der Waals surface area contributed by atoms with E-state index in [1.54, 1.807) is 29.2 Å². The zero-order chi connectivity index (χ0) is 19.6. The Morgan fingerprint density at radius 2 is 1.97 bits per heavy atom. The number of aromatic nitrogens is 4. The van der Waals surface area contributed by atoms with Gasteiger partial charge in [-0.2, -0.15) is 5.10 Å². The highest BCUT2D eigenvalue weighted by Crippen LogP contribution is 2.22. The quantitative estimate of drug-likeness (QED) is 0.550. The molecule has 146 valence electrons. The van der Waals surface area contributed by atoms with Gasteiger partial charge in [0.2, 0.25) is 0 Å². The average Bonchev–Trinajstić information content (AvgIpc) is 3.40. The molecule has 0 aliphatic carbocycles. The molecular formula is C22H21N5O2. The fourth-order valence-electron chi connectivity index (χ4n) is 3.84. The van der Waals surface area contributed by atoms with E-state index in [1.807, 2.05) is 30.5 Å². The Balaban J connectivity index is 1.39. The van der Waals surface area contributed by atoms with Crippen molar-refractivity contribution in [3.63, 3.8) is 0 Å². The molecule has 0 bridgehead atoms. The lowest BCUT2D eigenvalue weighted by molar-refractivity contribution is 0.181. The fraction of sp³-hybridized carbons (Fsp3) is 0.227. The van der Waals surface area contributed by atoms with Gasteiger partial charge >= 0.3 is 0 Å². The lowest BCUT2D eigenvalue weighted by atomic mass is 10.1. The minimum atomic E-state index is -0.158. The van der Waals surface area contributed by atoms with E-state index < -0.39 is 0 Å². The maximum atomic E-state index is 12.5. The number of fused-ring (bicyclic) bond motifs is 1. The number of H-pyrrole nitrogens is 1. The molecule has 5 rings (SSSR count). The van der Waals surface area contributed by atoms with Crippen molar-refractivity contribution in [2.75, 3.05) is 13.2 Å². The van der Waals surface area contributed by atoms with E-state index in [4.69, 9.17) is 4.74 Å². The van der Waals surface area contributed by atoms with Crippen molar-refractivity contribution < 1.29 is 4.74 Å². The molecule has 4 aromatic rings. The Morgan fingerprint density at radius 1 is 1.10 bits per heavy atom. The number of ether oxygens (including phenoxy) is 1. The summed E-state index contributed by atoms with van der Waals surface area (Å²) < 4.78 is 7.25. The third-order valence-electron chi connectivity index (χ3n) is 5.40. The fourth-order valence-corrected chi connectivity index (χ4v) is 3.84. The second kappa shape index (κ2) is 7.62.